The summed E-state index contributed by atoms with van der Waals surface area (Å²) in [5.41, 5.74) is 41.2. The Morgan fingerprint density at radius 3 is 1.23 bits per heavy atom. The van der Waals surface area contributed by atoms with Crippen molar-refractivity contribution in [1.29, 1.82) is 0 Å². The molecular weight excluding hydrogens is 2420 g/mol. The number of hydrogen-bond donors (Lipinski definition) is 26. The molecule has 1 aliphatic carbocycles. The first-order valence-corrected chi connectivity index (χ1v) is 55.0. The van der Waals surface area contributed by atoms with Crippen LogP contribution in [-0.4, -0.2) is 257 Å². The number of aliphatic carboxylic acids is 2. The molecule has 0 aromatic heterocycles. The van der Waals surface area contributed by atoms with E-state index in [1.165, 1.54) is 40.9 Å². The molecule has 26 N–H and O–H groups in total. The van der Waals surface area contributed by atoms with Crippen molar-refractivity contribution in [2.45, 2.75) is 227 Å². The number of halogens is 2. The first-order chi connectivity index (χ1) is 63.9. The number of phenolic OH excluding ortho intramolecular Hbond substituents is 1. The average Bonchev–Trinajstić information content (AvgIpc) is 0.847. The fraction of sp³-hybridized carbons (Fsp3) is 0.543. The summed E-state index contributed by atoms with van der Waals surface area (Å²) < 4.78 is 90.8. The van der Waals surface area contributed by atoms with E-state index in [4.69, 9.17) is 68.8 Å². The van der Waals surface area contributed by atoms with Crippen molar-refractivity contribution in [3.05, 3.63) is 112 Å². The molecule has 4 unspecified atom stereocenters. The monoisotopic (exact) mass is 2570 g/mol. The van der Waals surface area contributed by atoms with Crippen LogP contribution in [0.4, 0.5) is 28.0 Å². The smallest absolute Gasteiger partial charge is 0.503 e. The number of carboxylic acids is 2. The zero-order valence-corrected chi connectivity index (χ0v) is 105. The molecule has 0 heterocycles. The second kappa shape index (κ2) is 128. The molecule has 4 rings (SSSR count). The zero-order chi connectivity index (χ0) is 110. The minimum Gasteiger partial charge on any atom is -0.772 e. The first-order valence-electron chi connectivity index (χ1n) is 39.7. The van der Waals surface area contributed by atoms with Gasteiger partial charge in [0.1, 0.15) is 50.5 Å². The number of carboxylic acid groups (broad SMARTS) is 4. The van der Waals surface area contributed by atoms with Crippen molar-refractivity contribution in [3.63, 3.8) is 0 Å². The van der Waals surface area contributed by atoms with Crippen molar-refractivity contribution >= 4 is 271 Å². The Balaban J connectivity index is -0.0000000684. The Hall–Kier alpha value is -3.77. The molecule has 0 aliphatic heterocycles. The van der Waals surface area contributed by atoms with Crippen LogP contribution >= 0.6 is 142 Å². The number of rotatable bonds is 38. The zero-order valence-electron chi connectivity index (χ0n) is 83.8. The number of benzene rings is 3. The molecule has 3 aromatic carbocycles. The molecule has 1 aliphatic rings. The summed E-state index contributed by atoms with van der Waals surface area (Å²) in [5, 5.41) is 58.6. The SMILES string of the molecule is CC(C)(C)SS.CC(C)(SS)C(N)C(=O)O.CC(C)(SSCCO)C(N)C(=O)O.CC(F)(F)C(N)=O.CC/C=N/N.CC/C=N/NC(N)=O.CC/C=N/NC=O.CS(=O)(=O)O.C[Si](O)(CCCS(=O)[O-])C1CCCCC1.NC(=O)CCS.NC(=O)OCCS.NC(=O)OCc1ccc(S)cc1.O=C(O)O.O=CCCS.O=COCCS.O=COCc1ccc(O)cc1.O=COCc1ccc(S)cc1.[CH3-].[CH3-].[CH3-].[Y].[Y].[Y]. The van der Waals surface area contributed by atoms with Gasteiger partial charge in [0.2, 0.25) is 12.3 Å². The fourth-order valence-corrected chi connectivity index (χ4v) is 13.8. The molecule has 7 amide bonds. The van der Waals surface area contributed by atoms with Crippen molar-refractivity contribution in [1.82, 2.24) is 10.9 Å². The predicted octanol–water partition coefficient (Wildman–Crippen LogP) is 12.2. The maximum atomic E-state index is 11.4. The number of thiol groups is 8. The van der Waals surface area contributed by atoms with Crippen LogP contribution in [-0.2, 0) is 206 Å². The third kappa shape index (κ3) is 177. The van der Waals surface area contributed by atoms with Crippen molar-refractivity contribution in [3.8, 4) is 5.75 Å². The van der Waals surface area contributed by atoms with Crippen LogP contribution in [0.15, 0.2) is 97.9 Å². The second-order valence-electron chi connectivity index (χ2n) is 27.4. The van der Waals surface area contributed by atoms with E-state index in [1.54, 1.807) is 81.4 Å². The number of aliphatic hydroxyl groups excluding tert-OH is 1. The molecular formula is C81H153F2N13O30S14SiY3-4. The number of primary amides is 5. The van der Waals surface area contributed by atoms with E-state index in [9.17, 15) is 88.3 Å². The molecule has 1 fully saturated rings. The van der Waals surface area contributed by atoms with Crippen LogP contribution in [0.3, 0.4) is 0 Å². The minimum atomic E-state index is -3.67. The minimum absolute atomic E-state index is 0. The van der Waals surface area contributed by atoms with E-state index in [1.807, 2.05) is 75.8 Å². The first kappa shape index (κ1) is 185. The molecule has 1 saturated carbocycles. The van der Waals surface area contributed by atoms with Crippen LogP contribution in [0.1, 0.15) is 163 Å². The summed E-state index contributed by atoms with van der Waals surface area (Å²) in [4.78, 5) is 138. The molecule has 0 saturated heterocycles. The van der Waals surface area contributed by atoms with Crippen molar-refractivity contribution in [2.75, 3.05) is 60.6 Å². The van der Waals surface area contributed by atoms with Gasteiger partial charge in [0, 0.05) is 184 Å². The quantitative estimate of drug-likeness (QED) is 0.00206. The molecule has 63 heteroatoms. The summed E-state index contributed by atoms with van der Waals surface area (Å²) >= 11 is 29.3. The number of nitrogens with two attached hydrogens (primary N) is 8. The number of nitrogens with zero attached hydrogens (tertiary/aromatic N) is 3. The Morgan fingerprint density at radius 1 is 0.625 bits per heavy atom. The van der Waals surface area contributed by atoms with Gasteiger partial charge in [-0.15, -0.1) is 48.6 Å². The number of aromatic hydroxyl groups is 1. The number of carbonyl (C=O) groups excluding carboxylic acids is 10. The summed E-state index contributed by atoms with van der Waals surface area (Å²) in [5.74, 6) is 0.808. The van der Waals surface area contributed by atoms with Gasteiger partial charge in [0.05, 0.1) is 19.5 Å². The summed E-state index contributed by atoms with van der Waals surface area (Å²) in [6, 6.07) is 19.6. The van der Waals surface area contributed by atoms with Crippen LogP contribution in [0.25, 0.3) is 0 Å². The van der Waals surface area contributed by atoms with Crippen LogP contribution in [0.2, 0.25) is 18.1 Å². The number of hydrazone groups is 3. The van der Waals surface area contributed by atoms with Gasteiger partial charge < -0.3 is 137 Å². The number of hydrogen-bond acceptors (Lipinski definition) is 43. The third-order valence-electron chi connectivity index (χ3n) is 13.1. The third-order valence-corrected chi connectivity index (χ3v) is 26.5. The molecule has 4 atom stereocenters. The molecule has 144 heavy (non-hydrogen) atoms. The van der Waals surface area contributed by atoms with Crippen LogP contribution in [0, 0.1) is 22.3 Å². The van der Waals surface area contributed by atoms with Gasteiger partial charge in [-0.1, -0.05) is 164 Å². The summed E-state index contributed by atoms with van der Waals surface area (Å²) in [6.07, 6.45) is 13.8. The van der Waals surface area contributed by atoms with Crippen LogP contribution < -0.4 is 56.8 Å². The van der Waals surface area contributed by atoms with Gasteiger partial charge in [-0.05, 0) is 136 Å². The molecule has 43 nitrogen and oxygen atoms in total. The van der Waals surface area contributed by atoms with Gasteiger partial charge in [-0.3, -0.25) is 52.5 Å². The normalized spacial score (nSPS) is 11.3. The number of carbonyl (C=O) groups is 13. The number of aliphatic hydroxyl groups is 1. The number of phenols is 1. The maximum Gasteiger partial charge on any atom is 0.503 e. The van der Waals surface area contributed by atoms with E-state index in [2.05, 4.69) is 187 Å². The summed E-state index contributed by atoms with van der Waals surface area (Å²) in [7, 11) is -0.261. The fourth-order valence-electron chi connectivity index (χ4n) is 6.49. The second-order valence-corrected chi connectivity index (χ2v) is 43.5. The number of nitrogens with one attached hydrogen (secondary N) is 2. The van der Waals surface area contributed by atoms with Crippen molar-refractivity contribution < 1.29 is 250 Å². The Labute approximate surface area is 986 Å². The van der Waals surface area contributed by atoms with E-state index in [0.717, 1.165) is 81.7 Å². The van der Waals surface area contributed by atoms with E-state index < -0.39 is 99.2 Å². The van der Waals surface area contributed by atoms with Gasteiger partial charge in [0.25, 0.3) is 35.4 Å². The Bertz CT molecular complexity index is 3740. The van der Waals surface area contributed by atoms with E-state index >= 15 is 0 Å². The molecule has 3 aromatic rings. The number of urea groups is 1. The number of ether oxygens (including phenoxy) is 5. The van der Waals surface area contributed by atoms with E-state index in [0.29, 0.717) is 117 Å². The standard InChI is InChI=1S/C10H22O3SSi.C8H9NO2S.C8H8O3.C8H8O2S.C7H15NO3S2.C5H11NO2S2.C4H9N3O.C4H8N2O.C4H10S2.C3H5F2NO.C3H8N2.C3H7NO2S.C3H7NOS.C3H6O2S.C3H6OS.CH4O3S.CH2O3.3CH3.3Y/c1-15(13,9-5-8-14(11)12)10-6-3-2-4-7-10;9-8(10)11-5-6-1-3-7(12)4-2-6;9-6-11-5-7-1-3-8(10)4-2-7;9-6-10-5-7-1-3-8(11)4-2-7;1-7(2,5(8)6(10)11)13-12-4-3-9;1-5(2,10-9)3(6)4(7)8;1-2-3-6-7-4(5)8;1-2-3-5-6-4-7;1-4(2,3)6-5;1-3(4,5)2(6)7;1-2-3-5-4;4-3(5)6-1-2-7;4-3(5)1-2-6;4-3-5-1-2-6;4-2-1-3-5;1-5(2,3)4;2-1(3)4;;;;;;/h10,13H,2-9H2,1H3,(H,11,12);1-4,12H,5H2,(H2,9,10);1-4,6,10H,5H2;1-4,6,11H,5H2;5,9H,3-4,8H2,1-2H3,(H,10,11);3,9H,6H2,1-2H3,(H,7,8);3H,2H2,1H3,(H3,5,7,8);3-4H,2H2,1H3,(H,6,7);5H,1-3H3;1H3,(H2,6,7);3H,2,4H2,1H3;7H,1-2H2,(H2,4,5);6H,1-2H2,(H2,4,5);3,6H,1-2H2;2,5H,1,3H2;1H3,(H,2,3,4);(H2,2,3,4);3*1H3;;;/q;;;;;;;;;;;;;;;;;3*-1;;;/p-1/b;;;;;;6-3+;5-3+;;;5-3+;;;;;;;;;;;;. The van der Waals surface area contributed by atoms with Crippen LogP contribution in [0.5, 0.6) is 5.75 Å². The van der Waals surface area contributed by atoms with Gasteiger partial charge >= 0.3 is 42.2 Å². The molecule has 3 radical (unpaired) electrons. The number of aldehydes is 1. The van der Waals surface area contributed by atoms with Gasteiger partial charge in [0.15, 0.2) is 8.32 Å². The topological polar surface area (TPSA) is 773 Å². The number of amides is 7. The van der Waals surface area contributed by atoms with Gasteiger partial charge in [-0.2, -0.15) is 83.0 Å². The molecule has 837 valence electrons. The van der Waals surface area contributed by atoms with E-state index in [-0.39, 0.29) is 158 Å². The largest absolute Gasteiger partial charge is 0.772 e. The maximum absolute atomic E-state index is 11.4. The Morgan fingerprint density at radius 2 is 0.993 bits per heavy atom. The molecule has 0 bridgehead atoms. The average molecular weight is 2570 g/mol. The van der Waals surface area contributed by atoms with Crippen molar-refractivity contribution in [2.24, 2.45) is 61.3 Å². The van der Waals surface area contributed by atoms with Gasteiger partial charge in [-0.25, -0.2) is 24.6 Å². The Kier molecular flexibility index (Phi) is 164. The number of alkyl halides is 2. The molecule has 0 spiro atoms. The summed E-state index contributed by atoms with van der Waals surface area (Å²) in [6.45, 7) is 24.5. The predicted molar refractivity (Wildman–Crippen MR) is 592 cm³/mol.